The third kappa shape index (κ3) is 3.89. The zero-order valence-corrected chi connectivity index (χ0v) is 15.5. The van der Waals surface area contributed by atoms with Crippen molar-refractivity contribution in [3.05, 3.63) is 24.3 Å². The van der Waals surface area contributed by atoms with Gasteiger partial charge in [0.1, 0.15) is 0 Å². The van der Waals surface area contributed by atoms with E-state index in [-0.39, 0.29) is 42.6 Å². The molecule has 1 heterocycles. The number of rotatable bonds is 3. The van der Waals surface area contributed by atoms with Crippen molar-refractivity contribution in [1.29, 1.82) is 0 Å². The van der Waals surface area contributed by atoms with Crippen molar-refractivity contribution in [3.63, 3.8) is 0 Å². The summed E-state index contributed by atoms with van der Waals surface area (Å²) in [5, 5.41) is 2.85. The van der Waals surface area contributed by atoms with Crippen LogP contribution < -0.4 is 10.2 Å². The molecule has 1 atom stereocenters. The maximum absolute atomic E-state index is 13.0. The Labute approximate surface area is 154 Å². The van der Waals surface area contributed by atoms with Gasteiger partial charge in [-0.15, -0.1) is 0 Å². The van der Waals surface area contributed by atoms with Crippen LogP contribution in [0, 0.1) is 5.92 Å². The molecule has 0 bridgehead atoms. The standard InChI is InChI=1S/C20H27N3O3/c1-14-12-18(24)21-16-10-6-7-11-17(16)23(14)19(25)13-22(2)20(26)15-8-4-3-5-9-15/h6-7,10-11,14-15H,3-5,8-9,12-13H2,1-2H3,(H,21,24). The molecule has 1 fully saturated rings. The second kappa shape index (κ2) is 7.89. The molecule has 1 saturated carbocycles. The maximum atomic E-state index is 13.0. The molecule has 0 spiro atoms. The van der Waals surface area contributed by atoms with Crippen LogP contribution in [0.15, 0.2) is 24.3 Å². The lowest BCUT2D eigenvalue weighted by Gasteiger charge is -2.31. The number of nitrogens with zero attached hydrogens (tertiary/aromatic N) is 2. The molecule has 26 heavy (non-hydrogen) atoms. The van der Waals surface area contributed by atoms with E-state index in [2.05, 4.69) is 5.32 Å². The van der Waals surface area contributed by atoms with E-state index in [9.17, 15) is 14.4 Å². The molecule has 1 aliphatic heterocycles. The van der Waals surface area contributed by atoms with Gasteiger partial charge in [-0.25, -0.2) is 0 Å². The summed E-state index contributed by atoms with van der Waals surface area (Å²) < 4.78 is 0. The molecule has 0 aromatic heterocycles. The van der Waals surface area contributed by atoms with Gasteiger partial charge in [0.05, 0.1) is 17.9 Å². The Morgan fingerprint density at radius 3 is 2.62 bits per heavy atom. The van der Waals surface area contributed by atoms with Gasteiger partial charge in [0.15, 0.2) is 0 Å². The third-order valence-corrected chi connectivity index (χ3v) is 5.33. The van der Waals surface area contributed by atoms with Gasteiger partial charge in [0.25, 0.3) is 0 Å². The summed E-state index contributed by atoms with van der Waals surface area (Å²) >= 11 is 0. The van der Waals surface area contributed by atoms with Crippen LogP contribution >= 0.6 is 0 Å². The lowest BCUT2D eigenvalue weighted by molar-refractivity contribution is -0.138. The van der Waals surface area contributed by atoms with E-state index in [0.29, 0.717) is 11.4 Å². The topological polar surface area (TPSA) is 69.7 Å². The average molecular weight is 357 g/mol. The average Bonchev–Trinajstić information content (AvgIpc) is 2.75. The summed E-state index contributed by atoms with van der Waals surface area (Å²) in [7, 11) is 1.70. The predicted molar refractivity (Wildman–Crippen MR) is 101 cm³/mol. The molecule has 0 saturated heterocycles. The van der Waals surface area contributed by atoms with Gasteiger partial charge in [0.2, 0.25) is 17.7 Å². The normalized spacial score (nSPS) is 20.8. The number of nitrogens with one attached hydrogen (secondary N) is 1. The van der Waals surface area contributed by atoms with Gasteiger partial charge in [-0.2, -0.15) is 0 Å². The molecule has 0 radical (unpaired) electrons. The zero-order chi connectivity index (χ0) is 18.7. The molecule has 3 amide bonds. The minimum absolute atomic E-state index is 0.0300. The van der Waals surface area contributed by atoms with Crippen LogP contribution in [0.25, 0.3) is 0 Å². The second-order valence-corrected chi connectivity index (χ2v) is 7.41. The van der Waals surface area contributed by atoms with Crippen molar-refractivity contribution in [2.75, 3.05) is 23.8 Å². The molecule has 1 unspecified atom stereocenters. The van der Waals surface area contributed by atoms with Crippen LogP contribution in [-0.4, -0.2) is 42.3 Å². The molecular weight excluding hydrogens is 330 g/mol. The monoisotopic (exact) mass is 357 g/mol. The molecule has 1 aromatic rings. The van der Waals surface area contributed by atoms with Crippen molar-refractivity contribution in [1.82, 2.24) is 4.90 Å². The number of amides is 3. The number of likely N-dealkylation sites (N-methyl/N-ethyl adjacent to an activating group) is 1. The van der Waals surface area contributed by atoms with Gasteiger partial charge in [-0.05, 0) is 31.9 Å². The molecule has 1 aromatic carbocycles. The summed E-state index contributed by atoms with van der Waals surface area (Å²) in [4.78, 5) is 40.9. The number of benzene rings is 1. The Bertz CT molecular complexity index is 697. The van der Waals surface area contributed by atoms with Crippen LogP contribution in [0.5, 0.6) is 0 Å². The minimum atomic E-state index is -0.260. The van der Waals surface area contributed by atoms with Gasteiger partial charge in [-0.3, -0.25) is 14.4 Å². The molecule has 1 aliphatic carbocycles. The predicted octanol–water partition coefficient (Wildman–Crippen LogP) is 2.79. The van der Waals surface area contributed by atoms with E-state index in [4.69, 9.17) is 0 Å². The van der Waals surface area contributed by atoms with Crippen molar-refractivity contribution in [3.8, 4) is 0 Å². The summed E-state index contributed by atoms with van der Waals surface area (Å²) in [6, 6.07) is 7.04. The lowest BCUT2D eigenvalue weighted by Crippen LogP contribution is -2.46. The number of fused-ring (bicyclic) bond motifs is 1. The summed E-state index contributed by atoms with van der Waals surface area (Å²) in [5.74, 6) is -0.165. The number of carbonyl (C=O) groups excluding carboxylic acids is 3. The second-order valence-electron chi connectivity index (χ2n) is 7.41. The fourth-order valence-electron chi connectivity index (χ4n) is 3.99. The lowest BCUT2D eigenvalue weighted by atomic mass is 9.88. The Kier molecular flexibility index (Phi) is 5.59. The molecule has 1 N–H and O–H groups in total. The minimum Gasteiger partial charge on any atom is -0.336 e. The zero-order valence-electron chi connectivity index (χ0n) is 15.5. The highest BCUT2D eigenvalue weighted by atomic mass is 16.2. The van der Waals surface area contributed by atoms with Gasteiger partial charge >= 0.3 is 0 Å². The molecular formula is C20H27N3O3. The summed E-state index contributed by atoms with van der Waals surface area (Å²) in [6.45, 7) is 1.89. The number of para-hydroxylation sites is 2. The van der Waals surface area contributed by atoms with Gasteiger partial charge < -0.3 is 15.1 Å². The highest BCUT2D eigenvalue weighted by Gasteiger charge is 2.32. The van der Waals surface area contributed by atoms with Crippen LogP contribution in [0.3, 0.4) is 0 Å². The van der Waals surface area contributed by atoms with Crippen molar-refractivity contribution in [2.24, 2.45) is 5.92 Å². The first-order chi connectivity index (χ1) is 12.5. The molecule has 140 valence electrons. The number of hydrogen-bond donors (Lipinski definition) is 1. The third-order valence-electron chi connectivity index (χ3n) is 5.33. The number of anilines is 2. The van der Waals surface area contributed by atoms with Crippen molar-refractivity contribution in [2.45, 2.75) is 51.5 Å². The van der Waals surface area contributed by atoms with Crippen LogP contribution in [0.2, 0.25) is 0 Å². The van der Waals surface area contributed by atoms with E-state index in [1.165, 1.54) is 6.42 Å². The Balaban J connectivity index is 1.75. The fraction of sp³-hybridized carbons (Fsp3) is 0.550. The smallest absolute Gasteiger partial charge is 0.246 e. The summed E-state index contributed by atoms with van der Waals surface area (Å²) in [5.41, 5.74) is 1.32. The van der Waals surface area contributed by atoms with Crippen LogP contribution in [0.4, 0.5) is 11.4 Å². The first-order valence-electron chi connectivity index (χ1n) is 9.43. The van der Waals surface area contributed by atoms with Crippen molar-refractivity contribution < 1.29 is 14.4 Å². The molecule has 6 heteroatoms. The van der Waals surface area contributed by atoms with Gasteiger partial charge in [0, 0.05) is 25.4 Å². The Morgan fingerprint density at radius 2 is 1.88 bits per heavy atom. The highest BCUT2D eigenvalue weighted by Crippen LogP contribution is 2.31. The number of carbonyl (C=O) groups is 3. The van der Waals surface area contributed by atoms with E-state index in [1.54, 1.807) is 22.9 Å². The molecule has 2 aliphatic rings. The van der Waals surface area contributed by atoms with E-state index in [1.807, 2.05) is 25.1 Å². The van der Waals surface area contributed by atoms with E-state index < -0.39 is 0 Å². The van der Waals surface area contributed by atoms with Gasteiger partial charge in [-0.1, -0.05) is 31.4 Å². The molecule has 6 nitrogen and oxygen atoms in total. The first kappa shape index (κ1) is 18.4. The van der Waals surface area contributed by atoms with E-state index in [0.717, 1.165) is 25.7 Å². The fourth-order valence-corrected chi connectivity index (χ4v) is 3.99. The summed E-state index contributed by atoms with van der Waals surface area (Å²) in [6.07, 6.45) is 5.43. The SMILES string of the molecule is CC1CC(=O)Nc2ccccc2N1C(=O)CN(C)C(=O)C1CCCCC1. The van der Waals surface area contributed by atoms with Crippen molar-refractivity contribution >= 4 is 29.1 Å². The largest absolute Gasteiger partial charge is 0.336 e. The van der Waals surface area contributed by atoms with Crippen LogP contribution in [0.1, 0.15) is 45.4 Å². The Hall–Kier alpha value is -2.37. The highest BCUT2D eigenvalue weighted by molar-refractivity contribution is 6.05. The first-order valence-corrected chi connectivity index (χ1v) is 9.43. The molecule has 3 rings (SSSR count). The maximum Gasteiger partial charge on any atom is 0.246 e. The Morgan fingerprint density at radius 1 is 1.19 bits per heavy atom. The van der Waals surface area contributed by atoms with Crippen LogP contribution in [-0.2, 0) is 14.4 Å². The number of hydrogen-bond acceptors (Lipinski definition) is 3. The quantitative estimate of drug-likeness (QED) is 0.904. The van der Waals surface area contributed by atoms with E-state index >= 15 is 0 Å².